The Hall–Kier alpha value is -2.34. The predicted molar refractivity (Wildman–Crippen MR) is 80.8 cm³/mol. The van der Waals surface area contributed by atoms with Crippen LogP contribution in [0.5, 0.6) is 0 Å². The molecular weight excluding hydrogens is 288 g/mol. The van der Waals surface area contributed by atoms with Gasteiger partial charge in [-0.25, -0.2) is 9.78 Å². The molecule has 0 aliphatic carbocycles. The summed E-state index contributed by atoms with van der Waals surface area (Å²) in [5.41, 5.74) is 1.33. The number of fused-ring (bicyclic) bond motifs is 1. The molecule has 6 heteroatoms. The van der Waals surface area contributed by atoms with E-state index < -0.39 is 5.76 Å². The Bertz CT molecular complexity index is 849. The summed E-state index contributed by atoms with van der Waals surface area (Å²) in [5, 5.41) is 0. The molecule has 0 N–H and O–H groups in total. The summed E-state index contributed by atoms with van der Waals surface area (Å²) < 4.78 is 6.31. The van der Waals surface area contributed by atoms with Crippen molar-refractivity contribution < 1.29 is 9.21 Å². The van der Waals surface area contributed by atoms with E-state index in [0.717, 1.165) is 4.90 Å². The zero-order chi connectivity index (χ0) is 14.8. The monoisotopic (exact) mass is 300 g/mol. The number of benzene rings is 1. The Labute approximate surface area is 124 Å². The topological polar surface area (TPSA) is 65.1 Å². The highest BCUT2D eigenvalue weighted by molar-refractivity contribution is 7.98. The number of hydrogen-bond acceptors (Lipinski definition) is 5. The normalized spacial score (nSPS) is 10.9. The minimum absolute atomic E-state index is 0.0819. The Kier molecular flexibility index (Phi) is 3.62. The van der Waals surface area contributed by atoms with Crippen molar-refractivity contribution in [2.45, 2.75) is 11.4 Å². The molecule has 0 fully saturated rings. The zero-order valence-electron chi connectivity index (χ0n) is 11.3. The van der Waals surface area contributed by atoms with Gasteiger partial charge in [0.1, 0.15) is 0 Å². The molecule has 0 saturated carbocycles. The van der Waals surface area contributed by atoms with Gasteiger partial charge in [-0.15, -0.1) is 11.8 Å². The Morgan fingerprint density at radius 1 is 1.29 bits per heavy atom. The third-order valence-electron chi connectivity index (χ3n) is 3.14. The van der Waals surface area contributed by atoms with Crippen LogP contribution in [-0.4, -0.2) is 21.6 Å². The van der Waals surface area contributed by atoms with Crippen molar-refractivity contribution in [2.24, 2.45) is 0 Å². The lowest BCUT2D eigenvalue weighted by atomic mass is 10.1. The van der Waals surface area contributed by atoms with Gasteiger partial charge in [-0.1, -0.05) is 12.1 Å². The molecule has 2 aromatic heterocycles. The molecule has 3 rings (SSSR count). The van der Waals surface area contributed by atoms with Crippen molar-refractivity contribution in [1.29, 1.82) is 0 Å². The molecule has 5 nitrogen and oxygen atoms in total. The minimum Gasteiger partial charge on any atom is -0.406 e. The number of carbonyl (C=O) groups is 1. The minimum atomic E-state index is -0.571. The summed E-state index contributed by atoms with van der Waals surface area (Å²) in [6, 6.07) is 10.6. The van der Waals surface area contributed by atoms with Crippen LogP contribution in [0.2, 0.25) is 0 Å². The zero-order valence-corrected chi connectivity index (χ0v) is 12.1. The van der Waals surface area contributed by atoms with Crippen LogP contribution in [-0.2, 0) is 6.54 Å². The fourth-order valence-electron chi connectivity index (χ4n) is 2.05. The molecule has 0 unspecified atom stereocenters. The van der Waals surface area contributed by atoms with Crippen LogP contribution in [0, 0.1) is 0 Å². The lowest BCUT2D eigenvalue weighted by Crippen LogP contribution is -2.20. The largest absolute Gasteiger partial charge is 0.421 e. The first kappa shape index (κ1) is 13.6. The predicted octanol–water partition coefficient (Wildman–Crippen LogP) is 2.59. The molecule has 0 atom stereocenters. The van der Waals surface area contributed by atoms with Crippen LogP contribution in [0.4, 0.5) is 0 Å². The van der Waals surface area contributed by atoms with Crippen LogP contribution in [0.15, 0.2) is 56.7 Å². The van der Waals surface area contributed by atoms with Crippen molar-refractivity contribution in [2.75, 3.05) is 6.26 Å². The van der Waals surface area contributed by atoms with Crippen molar-refractivity contribution in [3.63, 3.8) is 0 Å². The lowest BCUT2D eigenvalue weighted by Gasteiger charge is -2.03. The van der Waals surface area contributed by atoms with Crippen molar-refractivity contribution in [1.82, 2.24) is 9.55 Å². The van der Waals surface area contributed by atoms with E-state index in [1.807, 2.05) is 18.4 Å². The molecule has 0 bridgehead atoms. The first-order valence-electron chi connectivity index (χ1n) is 6.30. The van der Waals surface area contributed by atoms with E-state index in [1.165, 1.54) is 4.57 Å². The fourth-order valence-corrected chi connectivity index (χ4v) is 2.46. The van der Waals surface area contributed by atoms with Gasteiger partial charge >= 0.3 is 5.76 Å². The Morgan fingerprint density at radius 3 is 2.76 bits per heavy atom. The van der Waals surface area contributed by atoms with E-state index in [9.17, 15) is 9.59 Å². The SMILES string of the molecule is CSc1ccc(C(=O)Cn2c(=O)oc3cccnc32)cc1. The molecule has 0 amide bonds. The number of oxazole rings is 1. The molecular formula is C15H12N2O3S. The summed E-state index contributed by atoms with van der Waals surface area (Å²) in [6.07, 6.45) is 3.53. The quantitative estimate of drug-likeness (QED) is 0.547. The van der Waals surface area contributed by atoms with Gasteiger partial charge < -0.3 is 4.42 Å². The third-order valence-corrected chi connectivity index (χ3v) is 3.88. The Balaban J connectivity index is 1.92. The molecule has 2 heterocycles. The number of ketones is 1. The summed E-state index contributed by atoms with van der Waals surface area (Å²) in [5.74, 6) is -0.726. The summed E-state index contributed by atoms with van der Waals surface area (Å²) in [6.45, 7) is -0.0819. The van der Waals surface area contributed by atoms with Crippen LogP contribution in [0.1, 0.15) is 10.4 Å². The van der Waals surface area contributed by atoms with Gasteiger partial charge in [0.2, 0.25) is 0 Å². The van der Waals surface area contributed by atoms with Gasteiger partial charge in [0.25, 0.3) is 0 Å². The number of nitrogens with zero attached hydrogens (tertiary/aromatic N) is 2. The number of Topliss-reactive ketones (excluding diaryl/α,β-unsaturated/α-hetero) is 1. The highest BCUT2D eigenvalue weighted by Crippen LogP contribution is 2.16. The highest BCUT2D eigenvalue weighted by atomic mass is 32.2. The first-order valence-corrected chi connectivity index (χ1v) is 7.53. The molecule has 21 heavy (non-hydrogen) atoms. The van der Waals surface area contributed by atoms with Gasteiger partial charge in [0.05, 0.1) is 6.54 Å². The van der Waals surface area contributed by atoms with E-state index in [4.69, 9.17) is 4.42 Å². The van der Waals surface area contributed by atoms with Gasteiger partial charge in [0.15, 0.2) is 17.0 Å². The molecule has 3 aromatic rings. The number of aromatic nitrogens is 2. The average molecular weight is 300 g/mol. The maximum Gasteiger partial charge on any atom is 0.421 e. The van der Waals surface area contributed by atoms with E-state index >= 15 is 0 Å². The van der Waals surface area contributed by atoms with Gasteiger partial charge in [-0.2, -0.15) is 0 Å². The molecule has 0 radical (unpaired) electrons. The second-order valence-electron chi connectivity index (χ2n) is 4.43. The molecule has 0 aliphatic heterocycles. The molecule has 106 valence electrons. The maximum atomic E-state index is 12.3. The molecule has 0 spiro atoms. The van der Waals surface area contributed by atoms with Crippen LogP contribution in [0.25, 0.3) is 11.2 Å². The first-order chi connectivity index (χ1) is 10.2. The number of rotatable bonds is 4. The second-order valence-corrected chi connectivity index (χ2v) is 5.31. The maximum absolute atomic E-state index is 12.3. The Morgan fingerprint density at radius 2 is 2.05 bits per heavy atom. The fraction of sp³-hybridized carbons (Fsp3) is 0.133. The van der Waals surface area contributed by atoms with Crippen LogP contribution < -0.4 is 5.76 Å². The summed E-state index contributed by atoms with van der Waals surface area (Å²) >= 11 is 1.61. The number of carbonyl (C=O) groups excluding carboxylic acids is 1. The lowest BCUT2D eigenvalue weighted by molar-refractivity contribution is 0.0970. The molecule has 1 aromatic carbocycles. The summed E-state index contributed by atoms with van der Waals surface area (Å²) in [7, 11) is 0. The molecule has 0 saturated heterocycles. The smallest absolute Gasteiger partial charge is 0.406 e. The van der Waals surface area contributed by atoms with Gasteiger partial charge in [-0.05, 0) is 30.5 Å². The van der Waals surface area contributed by atoms with Crippen molar-refractivity contribution in [3.05, 3.63) is 58.7 Å². The highest BCUT2D eigenvalue weighted by Gasteiger charge is 2.14. The van der Waals surface area contributed by atoms with E-state index in [-0.39, 0.29) is 12.3 Å². The van der Waals surface area contributed by atoms with Crippen LogP contribution in [0.3, 0.4) is 0 Å². The van der Waals surface area contributed by atoms with Crippen molar-refractivity contribution in [3.8, 4) is 0 Å². The third kappa shape index (κ3) is 2.62. The number of pyridine rings is 1. The number of hydrogen-bond donors (Lipinski definition) is 0. The van der Waals surface area contributed by atoms with Gasteiger partial charge in [-0.3, -0.25) is 9.36 Å². The molecule has 0 aliphatic rings. The van der Waals surface area contributed by atoms with Crippen LogP contribution >= 0.6 is 11.8 Å². The van der Waals surface area contributed by atoms with E-state index in [2.05, 4.69) is 4.98 Å². The standard InChI is InChI=1S/C15H12N2O3S/c1-21-11-6-4-10(5-7-11)12(18)9-17-14-13(20-15(17)19)3-2-8-16-14/h2-8H,9H2,1H3. The number of thioether (sulfide) groups is 1. The second kappa shape index (κ2) is 5.57. The van der Waals surface area contributed by atoms with E-state index in [1.54, 1.807) is 42.2 Å². The van der Waals surface area contributed by atoms with E-state index in [0.29, 0.717) is 16.8 Å². The van der Waals surface area contributed by atoms with Gasteiger partial charge in [0, 0.05) is 16.7 Å². The summed E-state index contributed by atoms with van der Waals surface area (Å²) in [4.78, 5) is 29.3. The van der Waals surface area contributed by atoms with Crippen molar-refractivity contribution >= 4 is 28.8 Å². The average Bonchev–Trinajstić information content (AvgIpc) is 2.83.